The van der Waals surface area contributed by atoms with Crippen molar-refractivity contribution in [1.29, 1.82) is 0 Å². The van der Waals surface area contributed by atoms with E-state index in [-0.39, 0.29) is 24.2 Å². The fraction of sp³-hybridized carbons (Fsp3) is 0.130. The number of hydrogen-bond acceptors (Lipinski definition) is 4. The topological polar surface area (TPSA) is 78.4 Å². The molecule has 3 rings (SSSR count). The number of nitrogens with one attached hydrogen (secondary N) is 2. The number of amides is 2. The van der Waals surface area contributed by atoms with Crippen LogP contribution in [0.15, 0.2) is 77.7 Å². The molecule has 0 atom stereocenters. The first kappa shape index (κ1) is 20.6. The summed E-state index contributed by atoms with van der Waals surface area (Å²) in [6.07, 6.45) is 0. The lowest BCUT2D eigenvalue weighted by molar-refractivity contribution is -0.113. The lowest BCUT2D eigenvalue weighted by atomic mass is 10.2. The fourth-order valence-corrected chi connectivity index (χ4v) is 3.55. The molecule has 0 spiro atoms. The van der Waals surface area contributed by atoms with Crippen LogP contribution in [0, 0.1) is 6.92 Å². The Labute approximate surface area is 174 Å². The van der Waals surface area contributed by atoms with Crippen molar-refractivity contribution >= 4 is 35.0 Å². The molecule has 0 fully saturated rings. The Balaban J connectivity index is 1.64. The molecule has 3 aromatic rings. The van der Waals surface area contributed by atoms with Crippen LogP contribution in [-0.2, 0) is 11.4 Å². The van der Waals surface area contributed by atoms with Crippen molar-refractivity contribution < 1.29 is 14.7 Å². The zero-order valence-corrected chi connectivity index (χ0v) is 16.8. The van der Waals surface area contributed by atoms with Crippen LogP contribution in [0.2, 0.25) is 0 Å². The van der Waals surface area contributed by atoms with Gasteiger partial charge in [-0.15, -0.1) is 11.8 Å². The molecule has 29 heavy (non-hydrogen) atoms. The number of aryl methyl sites for hydroxylation is 1. The zero-order valence-electron chi connectivity index (χ0n) is 16.0. The number of carbonyl (C=O) groups is 2. The summed E-state index contributed by atoms with van der Waals surface area (Å²) >= 11 is 1.31. The molecule has 0 saturated carbocycles. The highest BCUT2D eigenvalue weighted by atomic mass is 32.2. The van der Waals surface area contributed by atoms with Crippen LogP contribution in [0.25, 0.3) is 0 Å². The molecule has 0 bridgehead atoms. The van der Waals surface area contributed by atoms with Crippen molar-refractivity contribution in [3.8, 4) is 0 Å². The number of carbonyl (C=O) groups excluding carboxylic acids is 2. The summed E-state index contributed by atoms with van der Waals surface area (Å²) in [5, 5.41) is 14.9. The highest BCUT2D eigenvalue weighted by Crippen LogP contribution is 2.24. The minimum Gasteiger partial charge on any atom is -0.392 e. The van der Waals surface area contributed by atoms with Gasteiger partial charge in [0.2, 0.25) is 5.91 Å². The number of rotatable bonds is 7. The Kier molecular flexibility index (Phi) is 7.05. The molecular weight excluding hydrogens is 384 g/mol. The van der Waals surface area contributed by atoms with E-state index >= 15 is 0 Å². The van der Waals surface area contributed by atoms with E-state index in [2.05, 4.69) is 10.6 Å². The minimum absolute atomic E-state index is 0.0910. The Morgan fingerprint density at radius 1 is 0.897 bits per heavy atom. The zero-order chi connectivity index (χ0) is 20.6. The summed E-state index contributed by atoms with van der Waals surface area (Å²) in [6, 6.07) is 21.8. The van der Waals surface area contributed by atoms with Gasteiger partial charge in [0.1, 0.15) is 0 Å². The summed E-state index contributed by atoms with van der Waals surface area (Å²) in [4.78, 5) is 25.7. The molecule has 148 valence electrons. The van der Waals surface area contributed by atoms with Gasteiger partial charge >= 0.3 is 0 Å². The third-order valence-electron chi connectivity index (χ3n) is 4.19. The lowest BCUT2D eigenvalue weighted by Crippen LogP contribution is -2.16. The minimum atomic E-state index is -0.262. The molecule has 3 aromatic carbocycles. The molecule has 0 aliphatic heterocycles. The monoisotopic (exact) mass is 406 g/mol. The Bertz CT molecular complexity index is 1000. The maximum absolute atomic E-state index is 12.7. The molecule has 0 radical (unpaired) electrons. The maximum atomic E-state index is 12.7. The molecule has 6 heteroatoms. The third-order valence-corrected chi connectivity index (χ3v) is 5.27. The summed E-state index contributed by atoms with van der Waals surface area (Å²) in [6.45, 7) is 1.90. The molecular formula is C23H22N2O3S. The van der Waals surface area contributed by atoms with E-state index < -0.39 is 0 Å². The van der Waals surface area contributed by atoms with Gasteiger partial charge in [0.15, 0.2) is 0 Å². The molecule has 0 heterocycles. The number of aliphatic hydroxyl groups excluding tert-OH is 1. The van der Waals surface area contributed by atoms with Gasteiger partial charge < -0.3 is 15.7 Å². The van der Waals surface area contributed by atoms with Gasteiger partial charge in [-0.1, -0.05) is 42.0 Å². The Hall–Kier alpha value is -3.09. The van der Waals surface area contributed by atoms with Gasteiger partial charge in [0, 0.05) is 16.3 Å². The lowest BCUT2D eigenvalue weighted by Gasteiger charge is -2.11. The van der Waals surface area contributed by atoms with Gasteiger partial charge in [-0.05, 0) is 48.9 Å². The predicted octanol–water partition coefficient (Wildman–Crippen LogP) is 4.47. The molecule has 0 saturated heterocycles. The van der Waals surface area contributed by atoms with Gasteiger partial charge in [-0.2, -0.15) is 0 Å². The largest absolute Gasteiger partial charge is 0.392 e. The first-order valence-corrected chi connectivity index (χ1v) is 10.1. The van der Waals surface area contributed by atoms with E-state index in [1.54, 1.807) is 36.4 Å². The quantitative estimate of drug-likeness (QED) is 0.506. The van der Waals surface area contributed by atoms with Crippen LogP contribution in [-0.4, -0.2) is 22.7 Å². The summed E-state index contributed by atoms with van der Waals surface area (Å²) in [7, 11) is 0. The number of anilines is 2. The van der Waals surface area contributed by atoms with Crippen molar-refractivity contribution in [3.05, 3.63) is 89.5 Å². The van der Waals surface area contributed by atoms with Gasteiger partial charge in [0.05, 0.1) is 17.9 Å². The van der Waals surface area contributed by atoms with Crippen LogP contribution < -0.4 is 10.6 Å². The normalized spacial score (nSPS) is 10.4. The van der Waals surface area contributed by atoms with Crippen molar-refractivity contribution in [2.45, 2.75) is 18.4 Å². The van der Waals surface area contributed by atoms with Crippen molar-refractivity contribution in [2.75, 3.05) is 16.4 Å². The Morgan fingerprint density at radius 3 is 2.41 bits per heavy atom. The summed E-state index contributed by atoms with van der Waals surface area (Å²) < 4.78 is 0. The van der Waals surface area contributed by atoms with E-state index in [0.717, 1.165) is 21.7 Å². The molecule has 0 aliphatic rings. The number of benzene rings is 3. The molecule has 0 aromatic heterocycles. The van der Waals surface area contributed by atoms with Crippen molar-refractivity contribution in [1.82, 2.24) is 0 Å². The van der Waals surface area contributed by atoms with Gasteiger partial charge in [-0.3, -0.25) is 9.59 Å². The van der Waals surface area contributed by atoms with Crippen molar-refractivity contribution in [2.24, 2.45) is 0 Å². The van der Waals surface area contributed by atoms with E-state index in [4.69, 9.17) is 0 Å². The highest BCUT2D eigenvalue weighted by Gasteiger charge is 2.13. The third kappa shape index (κ3) is 5.94. The predicted molar refractivity (Wildman–Crippen MR) is 117 cm³/mol. The van der Waals surface area contributed by atoms with E-state index in [0.29, 0.717) is 11.3 Å². The van der Waals surface area contributed by atoms with Crippen LogP contribution in [0.1, 0.15) is 21.5 Å². The summed E-state index contributed by atoms with van der Waals surface area (Å²) in [5.41, 5.74) is 3.70. The molecule has 0 unspecified atom stereocenters. The van der Waals surface area contributed by atoms with Crippen LogP contribution in [0.4, 0.5) is 11.4 Å². The Morgan fingerprint density at radius 2 is 1.66 bits per heavy atom. The second-order valence-electron chi connectivity index (χ2n) is 6.51. The van der Waals surface area contributed by atoms with Crippen LogP contribution in [0.5, 0.6) is 0 Å². The molecule has 5 nitrogen and oxygen atoms in total. The van der Waals surface area contributed by atoms with E-state index in [1.807, 2.05) is 43.3 Å². The van der Waals surface area contributed by atoms with Gasteiger partial charge in [0.25, 0.3) is 5.91 Å². The van der Waals surface area contributed by atoms with Crippen LogP contribution in [0.3, 0.4) is 0 Å². The maximum Gasteiger partial charge on any atom is 0.256 e. The molecule has 3 N–H and O–H groups in total. The average molecular weight is 407 g/mol. The highest BCUT2D eigenvalue weighted by molar-refractivity contribution is 8.00. The van der Waals surface area contributed by atoms with E-state index in [9.17, 15) is 14.7 Å². The van der Waals surface area contributed by atoms with Crippen molar-refractivity contribution in [3.63, 3.8) is 0 Å². The SMILES string of the molecule is Cc1ccc(NC(=O)CSc2ccccc2C(=O)Nc2cccc(CO)c2)cc1. The summed E-state index contributed by atoms with van der Waals surface area (Å²) in [5.74, 6) is -0.204. The van der Waals surface area contributed by atoms with E-state index in [1.165, 1.54) is 11.8 Å². The number of thioether (sulfide) groups is 1. The first-order chi connectivity index (χ1) is 14.0. The number of hydrogen-bond donors (Lipinski definition) is 3. The van der Waals surface area contributed by atoms with Gasteiger partial charge in [-0.25, -0.2) is 0 Å². The smallest absolute Gasteiger partial charge is 0.256 e. The second kappa shape index (κ2) is 9.91. The van der Waals surface area contributed by atoms with Crippen LogP contribution >= 0.6 is 11.8 Å². The molecule has 2 amide bonds. The first-order valence-electron chi connectivity index (χ1n) is 9.14. The standard InChI is InChI=1S/C23H22N2O3S/c1-16-9-11-18(12-10-16)24-22(27)15-29-21-8-3-2-7-20(21)23(28)25-19-6-4-5-17(13-19)14-26/h2-13,26H,14-15H2,1H3,(H,24,27)(H,25,28). The average Bonchev–Trinajstić information content (AvgIpc) is 2.74. The number of aliphatic hydroxyl groups is 1. The fourth-order valence-electron chi connectivity index (χ4n) is 2.70. The molecule has 0 aliphatic carbocycles. The second-order valence-corrected chi connectivity index (χ2v) is 7.53.